The van der Waals surface area contributed by atoms with Crippen LogP contribution in [0.25, 0.3) is 0 Å². The second-order valence-corrected chi connectivity index (χ2v) is 19.9. The third kappa shape index (κ3) is 45.8. The molecule has 6 aromatic rings. The highest BCUT2D eigenvalue weighted by Gasteiger charge is 2.19. The van der Waals surface area contributed by atoms with Crippen LogP contribution in [0.4, 0.5) is 48.5 Å². The highest BCUT2D eigenvalue weighted by molar-refractivity contribution is 5.94. The highest BCUT2D eigenvalue weighted by atomic mass is 16.6. The third-order valence-corrected chi connectivity index (χ3v) is 12.4. The summed E-state index contributed by atoms with van der Waals surface area (Å²) in [6, 6.07) is 34.3. The Morgan fingerprint density at radius 2 is 0.451 bits per heavy atom. The zero-order valence-electron chi connectivity index (χ0n) is 53.7. The molecule has 0 fully saturated rings. The zero-order valence-corrected chi connectivity index (χ0v) is 53.7. The van der Waals surface area contributed by atoms with E-state index in [-0.39, 0.29) is 226 Å². The maximum Gasteiger partial charge on any atom is 0.411 e. The number of amides is 3. The molecule has 3 N–H and O–H groups in total. The number of aliphatic imine (C=N–C) groups is 3. The molecule has 33 heteroatoms. The summed E-state index contributed by atoms with van der Waals surface area (Å²) < 4.78 is 60.0. The van der Waals surface area contributed by atoms with Gasteiger partial charge in [0.2, 0.25) is 18.2 Å². The first-order valence-corrected chi connectivity index (χ1v) is 29.8. The molecule has 33 nitrogen and oxygen atoms in total. The van der Waals surface area contributed by atoms with Crippen molar-refractivity contribution in [1.29, 1.82) is 0 Å². The van der Waals surface area contributed by atoms with Crippen LogP contribution in [0.5, 0.6) is 0 Å². The minimum Gasteiger partial charge on any atom is -0.462 e. The molecule has 0 atom stereocenters. The van der Waals surface area contributed by atoms with Crippen LogP contribution < -0.4 is 16.0 Å². The number of hydrogen-bond acceptors (Lipinski definition) is 30. The van der Waals surface area contributed by atoms with E-state index in [2.05, 4.69) is 35.7 Å². The van der Waals surface area contributed by atoms with Gasteiger partial charge in [-0.3, -0.25) is 30.3 Å². The van der Waals surface area contributed by atoms with Crippen molar-refractivity contribution in [3.05, 3.63) is 179 Å². The number of nitrogens with zero attached hydrogens (tertiary/aromatic N) is 3. The van der Waals surface area contributed by atoms with Crippen molar-refractivity contribution in [3.63, 3.8) is 0 Å². The standard InChI is InChI=1S/C46H42N4O18.C22H20N2O9.12CH4/c1-30(26-39(53)61-18-24-67-45(59)49-37-14-6-33(7-15-37)43(57)65-22-20-63-41(55)31-2-10-35(11-3-31)47-28-51)27-40(54)62-19-25-68-46(60)50-38-16-8-34(9-17-38)44(58)66-23-21-64-42(56)32-4-12-36(13-5-32)48-29-52;1-15(26)30-10-13-33-22(29)24-19-8-4-17(5-9-19)21(28)32-12-11-31-20(27)16-2-6-18(7-3-16)23-14-25;;;;;;;;;;;;/h2-17,30H,18-27H2,1H3,(H,49,59)(H,50,60);2-9H,10-13H2,1H3,(H,24,29);12*1H4. The quantitative estimate of drug-likeness (QED) is 0.0111. The van der Waals surface area contributed by atoms with E-state index in [9.17, 15) is 71.9 Å². The Hall–Kier alpha value is -13.5. The Balaban J connectivity index is -0.000000350. The maximum absolute atomic E-state index is 12.3. The van der Waals surface area contributed by atoms with Crippen molar-refractivity contribution < 1.29 is 129 Å². The number of hydrogen-bond donors (Lipinski definition) is 3. The topological polar surface area (TPSA) is 440 Å². The van der Waals surface area contributed by atoms with E-state index < -0.39 is 77.9 Å². The van der Waals surface area contributed by atoms with Crippen LogP contribution in [-0.4, -0.2) is 170 Å². The number of carbonyl (C=O) groups is 12. The molecule has 0 radical (unpaired) electrons. The molecule has 0 saturated carbocycles. The third-order valence-electron chi connectivity index (χ3n) is 12.4. The normalized spacial score (nSPS) is 9.19. The van der Waals surface area contributed by atoms with Crippen LogP contribution in [-0.2, 0) is 85.6 Å². The van der Waals surface area contributed by atoms with E-state index in [1.54, 1.807) is 6.92 Å². The summed E-state index contributed by atoms with van der Waals surface area (Å²) in [5.41, 5.74) is 3.16. The van der Waals surface area contributed by atoms with Crippen molar-refractivity contribution in [3.8, 4) is 0 Å². The van der Waals surface area contributed by atoms with Gasteiger partial charge in [0.05, 0.1) is 50.4 Å². The molecule has 0 heterocycles. The Bertz CT molecular complexity index is 3810. The van der Waals surface area contributed by atoms with Gasteiger partial charge in [0.1, 0.15) is 79.3 Å². The number of benzene rings is 6. The second-order valence-electron chi connectivity index (χ2n) is 19.9. The lowest BCUT2D eigenvalue weighted by molar-refractivity contribution is -0.148. The van der Waals surface area contributed by atoms with Crippen molar-refractivity contribution >= 4 is 124 Å². The predicted octanol–water partition coefficient (Wildman–Crippen LogP) is 16.4. The molecule has 0 unspecified atom stereocenters. The second kappa shape index (κ2) is 64.5. The molecule has 6 rings (SSSR count). The Labute approximate surface area is 661 Å². The molecular formula is C80H110N6O27. The van der Waals surface area contributed by atoms with Crippen LogP contribution in [0.15, 0.2) is 161 Å². The van der Waals surface area contributed by atoms with Crippen molar-refractivity contribution in [1.82, 2.24) is 0 Å². The fraction of sp³-hybridized carbons (Fsp3) is 0.362. The molecule has 0 aliphatic heterocycles. The van der Waals surface area contributed by atoms with Crippen LogP contribution in [0.1, 0.15) is 178 Å². The SMILES string of the molecule is C.C.C.C.C.C.C.C.C.C.C.C.CC(=O)OCCOC(=O)Nc1ccc(C(=O)OCCOC(=O)c2ccc(N=C=O)cc2)cc1.CC(CC(=O)OCCOC(=O)Nc1ccc(C(=O)OCCOC(=O)c2ccc(N=C=O)cc2)cc1)CC(=O)OCCOC(=O)Nc1ccc(C(=O)OCCOC(=O)c2ccc(N=C=O)cc2)cc1. The smallest absolute Gasteiger partial charge is 0.411 e. The van der Waals surface area contributed by atoms with Gasteiger partial charge in [-0.05, 0) is 152 Å². The lowest BCUT2D eigenvalue weighted by Gasteiger charge is -2.12. The zero-order chi connectivity index (χ0) is 73.2. The van der Waals surface area contributed by atoms with Crippen molar-refractivity contribution in [2.45, 2.75) is 116 Å². The number of rotatable bonds is 34. The largest absolute Gasteiger partial charge is 0.462 e. The van der Waals surface area contributed by atoms with Gasteiger partial charge >= 0.3 is 72.0 Å². The minimum absolute atomic E-state index is 0. The summed E-state index contributed by atoms with van der Waals surface area (Å²) in [6.07, 6.45) is 1.43. The first-order valence-electron chi connectivity index (χ1n) is 29.8. The lowest BCUT2D eigenvalue weighted by Crippen LogP contribution is -2.20. The van der Waals surface area contributed by atoms with Gasteiger partial charge in [0, 0.05) is 36.8 Å². The number of anilines is 3. The predicted molar refractivity (Wildman–Crippen MR) is 426 cm³/mol. The molecule has 0 aromatic heterocycles. The van der Waals surface area contributed by atoms with Crippen LogP contribution >= 0.6 is 0 Å². The van der Waals surface area contributed by atoms with Gasteiger partial charge in [-0.2, -0.15) is 15.0 Å². The number of carbonyl (C=O) groups excluding carboxylic acids is 15. The van der Waals surface area contributed by atoms with E-state index in [1.807, 2.05) is 0 Å². The fourth-order valence-electron chi connectivity index (χ4n) is 7.67. The van der Waals surface area contributed by atoms with E-state index in [0.29, 0.717) is 22.7 Å². The van der Waals surface area contributed by atoms with Gasteiger partial charge in [-0.15, -0.1) is 0 Å². The first kappa shape index (κ1) is 115. The van der Waals surface area contributed by atoms with E-state index in [1.165, 1.54) is 171 Å². The van der Waals surface area contributed by atoms with Gasteiger partial charge < -0.3 is 56.8 Å². The van der Waals surface area contributed by atoms with Crippen LogP contribution in [0, 0.1) is 5.92 Å². The molecular weight excluding hydrogens is 1480 g/mol. The van der Waals surface area contributed by atoms with Gasteiger partial charge in [-0.25, -0.2) is 57.5 Å². The summed E-state index contributed by atoms with van der Waals surface area (Å²) in [6.45, 7) is 0.462. The average Bonchev–Trinajstić information content (AvgIpc) is 0.916. The average molecular weight is 1590 g/mol. The molecule has 0 aliphatic carbocycles. The Morgan fingerprint density at radius 1 is 0.274 bits per heavy atom. The minimum atomic E-state index is -0.859. The first-order chi connectivity index (χ1) is 48.7. The maximum atomic E-state index is 12.3. The van der Waals surface area contributed by atoms with E-state index in [4.69, 9.17) is 52.1 Å². The number of isocyanates is 3. The van der Waals surface area contributed by atoms with Crippen molar-refractivity contribution in [2.24, 2.45) is 20.9 Å². The monoisotopic (exact) mass is 1590 g/mol. The van der Waals surface area contributed by atoms with Gasteiger partial charge in [0.25, 0.3) is 0 Å². The molecule has 6 aromatic carbocycles. The fourth-order valence-corrected chi connectivity index (χ4v) is 7.67. The van der Waals surface area contributed by atoms with Gasteiger partial charge in [-0.1, -0.05) is 96.0 Å². The lowest BCUT2D eigenvalue weighted by atomic mass is 10.0. The van der Waals surface area contributed by atoms with Crippen LogP contribution in [0.3, 0.4) is 0 Å². The number of nitrogens with one attached hydrogen (secondary N) is 3. The van der Waals surface area contributed by atoms with Crippen molar-refractivity contribution in [2.75, 3.05) is 95.2 Å². The molecule has 622 valence electrons. The summed E-state index contributed by atoms with van der Waals surface area (Å²) in [4.78, 5) is 185. The number of ether oxygens (including phenoxy) is 12. The highest BCUT2D eigenvalue weighted by Crippen LogP contribution is 2.19. The molecule has 113 heavy (non-hydrogen) atoms. The van der Waals surface area contributed by atoms with E-state index >= 15 is 0 Å². The Kier molecular flexibility index (Phi) is 65.8. The van der Waals surface area contributed by atoms with Crippen LogP contribution in [0.2, 0.25) is 0 Å². The summed E-state index contributed by atoms with van der Waals surface area (Å²) in [5, 5.41) is 7.35. The van der Waals surface area contributed by atoms with Gasteiger partial charge in [0.15, 0.2) is 0 Å². The number of esters is 9. The molecule has 0 spiro atoms. The summed E-state index contributed by atoms with van der Waals surface area (Å²) in [7, 11) is 0. The Morgan fingerprint density at radius 3 is 0.646 bits per heavy atom. The van der Waals surface area contributed by atoms with E-state index in [0.717, 1.165) is 0 Å². The summed E-state index contributed by atoms with van der Waals surface area (Å²) >= 11 is 0. The molecule has 3 amide bonds. The molecule has 0 aliphatic rings. The summed E-state index contributed by atoms with van der Waals surface area (Å²) in [5.74, 6) is -6.24. The molecule has 0 bridgehead atoms. The molecule has 0 saturated heterocycles.